The molecule has 0 fully saturated rings. The second-order valence-corrected chi connectivity index (χ2v) is 5.41. The molecule has 0 unspecified atom stereocenters. The molecule has 4 aromatic rings. The number of nitrogens with one attached hydrogen (secondary N) is 1. The molecule has 0 amide bonds. The zero-order chi connectivity index (χ0) is 15.4. The number of hydrogen-bond acceptors (Lipinski definition) is 3. The molecule has 3 aromatic heterocycles. The van der Waals surface area contributed by atoms with Crippen LogP contribution in [0.4, 0.5) is 10.2 Å². The zero-order valence-corrected chi connectivity index (χ0v) is 12.2. The molecule has 0 aliphatic rings. The van der Waals surface area contributed by atoms with Gasteiger partial charge in [-0.05, 0) is 43.2 Å². The highest BCUT2D eigenvalue weighted by Crippen LogP contribution is 2.33. The molecule has 0 bridgehead atoms. The topological polar surface area (TPSA) is 72.5 Å². The third-order valence-corrected chi connectivity index (χ3v) is 4.23. The lowest BCUT2D eigenvalue weighted by Gasteiger charge is -2.13. The Morgan fingerprint density at radius 1 is 1.14 bits per heavy atom. The fourth-order valence-corrected chi connectivity index (χ4v) is 2.87. The fourth-order valence-electron chi connectivity index (χ4n) is 2.87. The van der Waals surface area contributed by atoms with Crippen molar-refractivity contribution in [3.8, 4) is 5.69 Å². The third-order valence-electron chi connectivity index (χ3n) is 4.23. The molecule has 1 aromatic carbocycles. The van der Waals surface area contributed by atoms with Crippen LogP contribution >= 0.6 is 0 Å². The lowest BCUT2D eigenvalue weighted by atomic mass is 10.1. The van der Waals surface area contributed by atoms with Crippen LogP contribution in [-0.4, -0.2) is 19.7 Å². The second kappa shape index (κ2) is 4.30. The molecule has 0 saturated heterocycles. The molecule has 0 saturated carbocycles. The van der Waals surface area contributed by atoms with E-state index in [2.05, 4.69) is 15.2 Å². The van der Waals surface area contributed by atoms with E-state index in [0.29, 0.717) is 5.82 Å². The van der Waals surface area contributed by atoms with Gasteiger partial charge in [0.15, 0.2) is 0 Å². The average molecular weight is 295 g/mol. The monoisotopic (exact) mass is 295 g/mol. The van der Waals surface area contributed by atoms with Crippen LogP contribution in [0.2, 0.25) is 0 Å². The minimum Gasteiger partial charge on any atom is -0.383 e. The van der Waals surface area contributed by atoms with Crippen molar-refractivity contribution in [2.75, 3.05) is 5.73 Å². The Morgan fingerprint density at radius 3 is 2.77 bits per heavy atom. The van der Waals surface area contributed by atoms with Gasteiger partial charge in [0, 0.05) is 5.39 Å². The quantitative estimate of drug-likeness (QED) is 0.566. The molecule has 0 radical (unpaired) electrons. The molecule has 5 nitrogen and oxygen atoms in total. The van der Waals surface area contributed by atoms with Gasteiger partial charge in [-0.15, -0.1) is 0 Å². The molecule has 4 rings (SSSR count). The first kappa shape index (κ1) is 12.8. The molecule has 110 valence electrons. The van der Waals surface area contributed by atoms with E-state index in [0.717, 1.165) is 38.8 Å². The molecule has 3 heterocycles. The first-order valence-corrected chi connectivity index (χ1v) is 6.93. The van der Waals surface area contributed by atoms with E-state index in [4.69, 9.17) is 5.73 Å². The Labute approximate surface area is 125 Å². The van der Waals surface area contributed by atoms with E-state index in [1.54, 1.807) is 18.5 Å². The van der Waals surface area contributed by atoms with Crippen LogP contribution in [0, 0.1) is 19.7 Å². The fraction of sp³-hybridized carbons (Fsp3) is 0.125. The van der Waals surface area contributed by atoms with Gasteiger partial charge in [0.25, 0.3) is 0 Å². The SMILES string of the molecule is Cc1c(-n2c3ccc(F)cc3c3[nH]ncc32)cnc(N)c1C. The van der Waals surface area contributed by atoms with E-state index in [-0.39, 0.29) is 5.82 Å². The number of anilines is 1. The minimum atomic E-state index is -0.274. The summed E-state index contributed by atoms with van der Waals surface area (Å²) >= 11 is 0. The normalized spacial score (nSPS) is 11.6. The van der Waals surface area contributed by atoms with E-state index in [1.807, 2.05) is 18.4 Å². The van der Waals surface area contributed by atoms with Crippen LogP contribution in [0.3, 0.4) is 0 Å². The van der Waals surface area contributed by atoms with Crippen LogP contribution in [0.15, 0.2) is 30.6 Å². The van der Waals surface area contributed by atoms with Crippen LogP contribution in [0.5, 0.6) is 0 Å². The number of aromatic nitrogens is 4. The highest BCUT2D eigenvalue weighted by molar-refractivity contribution is 6.07. The molecule has 0 spiro atoms. The lowest BCUT2D eigenvalue weighted by Crippen LogP contribution is -2.03. The van der Waals surface area contributed by atoms with Gasteiger partial charge in [0.05, 0.1) is 34.6 Å². The predicted octanol–water partition coefficient (Wildman–Crippen LogP) is 3.24. The van der Waals surface area contributed by atoms with Gasteiger partial charge < -0.3 is 10.3 Å². The maximum Gasteiger partial charge on any atom is 0.126 e. The molecule has 0 aliphatic carbocycles. The predicted molar refractivity (Wildman–Crippen MR) is 84.6 cm³/mol. The van der Waals surface area contributed by atoms with Gasteiger partial charge in [0.1, 0.15) is 11.6 Å². The number of rotatable bonds is 1. The zero-order valence-electron chi connectivity index (χ0n) is 12.2. The molecular formula is C16H14FN5. The molecule has 22 heavy (non-hydrogen) atoms. The summed E-state index contributed by atoms with van der Waals surface area (Å²) in [6, 6.07) is 4.74. The summed E-state index contributed by atoms with van der Waals surface area (Å²) < 4.78 is 15.6. The highest BCUT2D eigenvalue weighted by Gasteiger charge is 2.17. The molecule has 3 N–H and O–H groups in total. The number of nitrogen functional groups attached to an aromatic ring is 1. The number of H-pyrrole nitrogens is 1. The van der Waals surface area contributed by atoms with Gasteiger partial charge in [0.2, 0.25) is 0 Å². The first-order valence-electron chi connectivity index (χ1n) is 6.93. The summed E-state index contributed by atoms with van der Waals surface area (Å²) in [5.41, 5.74) is 11.4. The smallest absolute Gasteiger partial charge is 0.126 e. The van der Waals surface area contributed by atoms with Crippen molar-refractivity contribution >= 4 is 27.8 Å². The van der Waals surface area contributed by atoms with Crippen molar-refractivity contribution in [3.63, 3.8) is 0 Å². The Hall–Kier alpha value is -2.89. The van der Waals surface area contributed by atoms with Gasteiger partial charge in [-0.2, -0.15) is 5.10 Å². The Bertz CT molecular complexity index is 1030. The molecule has 0 atom stereocenters. The Kier molecular flexibility index (Phi) is 2.51. The van der Waals surface area contributed by atoms with Crippen LogP contribution < -0.4 is 5.73 Å². The largest absolute Gasteiger partial charge is 0.383 e. The maximum atomic E-state index is 13.6. The van der Waals surface area contributed by atoms with Crippen LogP contribution in [-0.2, 0) is 0 Å². The van der Waals surface area contributed by atoms with Crippen LogP contribution in [0.25, 0.3) is 27.6 Å². The van der Waals surface area contributed by atoms with Gasteiger partial charge >= 0.3 is 0 Å². The minimum absolute atomic E-state index is 0.274. The Balaban J connectivity index is 2.18. The first-order chi connectivity index (χ1) is 10.6. The lowest BCUT2D eigenvalue weighted by molar-refractivity contribution is 0.629. The number of benzene rings is 1. The molecule has 0 aliphatic heterocycles. The van der Waals surface area contributed by atoms with Crippen molar-refractivity contribution in [2.45, 2.75) is 13.8 Å². The Morgan fingerprint density at radius 2 is 1.95 bits per heavy atom. The van der Waals surface area contributed by atoms with Crippen molar-refractivity contribution in [1.82, 2.24) is 19.7 Å². The number of hydrogen-bond donors (Lipinski definition) is 2. The summed E-state index contributed by atoms with van der Waals surface area (Å²) in [7, 11) is 0. The van der Waals surface area contributed by atoms with Crippen molar-refractivity contribution in [2.24, 2.45) is 0 Å². The average Bonchev–Trinajstić information content (AvgIpc) is 3.07. The highest BCUT2D eigenvalue weighted by atomic mass is 19.1. The number of fused-ring (bicyclic) bond motifs is 3. The summed E-state index contributed by atoms with van der Waals surface area (Å²) in [4.78, 5) is 4.26. The van der Waals surface area contributed by atoms with E-state index >= 15 is 0 Å². The number of nitrogens with zero attached hydrogens (tertiary/aromatic N) is 3. The summed E-state index contributed by atoms with van der Waals surface area (Å²) in [5.74, 6) is 0.247. The standard InChI is InChI=1S/C16H14FN5/c1-8-9(2)16(18)19-6-13(8)22-12-4-3-10(17)5-11(12)15-14(22)7-20-21-15/h3-7H,1-2H3,(H2,18,19)(H,20,21). The van der Waals surface area contributed by atoms with E-state index < -0.39 is 0 Å². The molecular weight excluding hydrogens is 281 g/mol. The number of nitrogens with two attached hydrogens (primary N) is 1. The number of halogens is 1. The van der Waals surface area contributed by atoms with Gasteiger partial charge in [-0.1, -0.05) is 0 Å². The maximum absolute atomic E-state index is 13.6. The summed E-state index contributed by atoms with van der Waals surface area (Å²) in [5, 5.41) is 7.82. The van der Waals surface area contributed by atoms with E-state index in [1.165, 1.54) is 12.1 Å². The second-order valence-electron chi connectivity index (χ2n) is 5.41. The van der Waals surface area contributed by atoms with Crippen molar-refractivity contribution in [1.29, 1.82) is 0 Å². The van der Waals surface area contributed by atoms with Gasteiger partial charge in [-0.3, -0.25) is 5.10 Å². The van der Waals surface area contributed by atoms with Crippen LogP contribution in [0.1, 0.15) is 11.1 Å². The number of pyridine rings is 1. The van der Waals surface area contributed by atoms with Crippen molar-refractivity contribution in [3.05, 3.63) is 47.5 Å². The van der Waals surface area contributed by atoms with Gasteiger partial charge in [-0.25, -0.2) is 9.37 Å². The van der Waals surface area contributed by atoms with Crippen molar-refractivity contribution < 1.29 is 4.39 Å². The van der Waals surface area contributed by atoms with E-state index in [9.17, 15) is 4.39 Å². The summed E-state index contributed by atoms with van der Waals surface area (Å²) in [6.45, 7) is 3.95. The number of aromatic amines is 1. The molecule has 6 heteroatoms. The summed E-state index contributed by atoms with van der Waals surface area (Å²) in [6.07, 6.45) is 3.48. The third kappa shape index (κ3) is 1.57.